The first kappa shape index (κ1) is 13.9. The van der Waals surface area contributed by atoms with Gasteiger partial charge in [0.25, 0.3) is 5.91 Å². The maximum absolute atomic E-state index is 11.7. The van der Waals surface area contributed by atoms with Crippen molar-refractivity contribution in [1.29, 1.82) is 0 Å². The molecular weight excluding hydrogens is 266 g/mol. The molecule has 0 radical (unpaired) electrons. The second-order valence-corrected chi connectivity index (χ2v) is 5.24. The minimum absolute atomic E-state index is 0.0328. The van der Waals surface area contributed by atoms with Gasteiger partial charge >= 0.3 is 0 Å². The van der Waals surface area contributed by atoms with E-state index in [-0.39, 0.29) is 18.6 Å². The van der Waals surface area contributed by atoms with E-state index >= 15 is 0 Å². The molecule has 4 nitrogen and oxygen atoms in total. The second kappa shape index (κ2) is 6.59. The van der Waals surface area contributed by atoms with Crippen LogP contribution in [0.2, 0.25) is 0 Å². The maximum Gasteiger partial charge on any atom is 0.258 e. The lowest BCUT2D eigenvalue weighted by molar-refractivity contribution is -0.123. The minimum Gasteiger partial charge on any atom is -0.484 e. The van der Waals surface area contributed by atoms with E-state index in [9.17, 15) is 4.79 Å². The van der Waals surface area contributed by atoms with Crippen LogP contribution in [0.25, 0.3) is 10.8 Å². The van der Waals surface area contributed by atoms with Crippen LogP contribution >= 0.6 is 0 Å². The van der Waals surface area contributed by atoms with Gasteiger partial charge in [0.05, 0.1) is 6.10 Å². The summed E-state index contributed by atoms with van der Waals surface area (Å²) < 4.78 is 11.0. The molecule has 1 heterocycles. The summed E-state index contributed by atoms with van der Waals surface area (Å²) >= 11 is 0. The van der Waals surface area contributed by atoms with Gasteiger partial charge in [0.1, 0.15) is 5.75 Å². The first-order valence-corrected chi connectivity index (χ1v) is 7.31. The number of hydrogen-bond acceptors (Lipinski definition) is 3. The fourth-order valence-corrected chi connectivity index (χ4v) is 2.49. The van der Waals surface area contributed by atoms with Gasteiger partial charge in [-0.1, -0.05) is 30.3 Å². The Bertz CT molecular complexity index is 620. The highest BCUT2D eigenvalue weighted by Gasteiger charge is 2.16. The number of amides is 1. The zero-order chi connectivity index (χ0) is 14.5. The summed E-state index contributed by atoms with van der Waals surface area (Å²) in [7, 11) is 0. The van der Waals surface area contributed by atoms with Crippen molar-refractivity contribution in [3.63, 3.8) is 0 Å². The number of rotatable bonds is 5. The zero-order valence-electron chi connectivity index (χ0n) is 11.9. The Morgan fingerprint density at radius 3 is 2.90 bits per heavy atom. The molecule has 0 unspecified atom stereocenters. The average Bonchev–Trinajstić information content (AvgIpc) is 3.04. The quantitative estimate of drug-likeness (QED) is 0.918. The largest absolute Gasteiger partial charge is 0.484 e. The molecule has 1 saturated heterocycles. The van der Waals surface area contributed by atoms with Gasteiger partial charge in [-0.2, -0.15) is 0 Å². The van der Waals surface area contributed by atoms with E-state index in [0.717, 1.165) is 30.2 Å². The van der Waals surface area contributed by atoms with Crippen LogP contribution in [0.3, 0.4) is 0 Å². The summed E-state index contributed by atoms with van der Waals surface area (Å²) in [6, 6.07) is 13.9. The Morgan fingerprint density at radius 2 is 2.10 bits per heavy atom. The fraction of sp³-hybridized carbons (Fsp3) is 0.353. The molecule has 1 N–H and O–H groups in total. The summed E-state index contributed by atoms with van der Waals surface area (Å²) in [4.78, 5) is 11.7. The number of nitrogens with one attached hydrogen (secondary N) is 1. The van der Waals surface area contributed by atoms with Crippen molar-refractivity contribution in [3.05, 3.63) is 42.5 Å². The third-order valence-electron chi connectivity index (χ3n) is 3.64. The van der Waals surface area contributed by atoms with Crippen molar-refractivity contribution in [2.45, 2.75) is 18.9 Å². The van der Waals surface area contributed by atoms with Crippen molar-refractivity contribution in [2.24, 2.45) is 0 Å². The second-order valence-electron chi connectivity index (χ2n) is 5.24. The first-order chi connectivity index (χ1) is 10.3. The molecule has 4 heteroatoms. The predicted molar refractivity (Wildman–Crippen MR) is 81.4 cm³/mol. The van der Waals surface area contributed by atoms with Gasteiger partial charge in [0.2, 0.25) is 0 Å². The smallest absolute Gasteiger partial charge is 0.258 e. The van der Waals surface area contributed by atoms with E-state index in [1.165, 1.54) is 0 Å². The van der Waals surface area contributed by atoms with E-state index in [1.54, 1.807) is 0 Å². The molecule has 1 fully saturated rings. The third-order valence-corrected chi connectivity index (χ3v) is 3.64. The van der Waals surface area contributed by atoms with Crippen molar-refractivity contribution < 1.29 is 14.3 Å². The molecule has 2 aromatic carbocycles. The van der Waals surface area contributed by atoms with Gasteiger partial charge in [-0.25, -0.2) is 0 Å². The van der Waals surface area contributed by atoms with Gasteiger partial charge < -0.3 is 14.8 Å². The van der Waals surface area contributed by atoms with Gasteiger partial charge in [-0.15, -0.1) is 0 Å². The van der Waals surface area contributed by atoms with Crippen molar-refractivity contribution in [3.8, 4) is 5.75 Å². The summed E-state index contributed by atoms with van der Waals surface area (Å²) in [5, 5.41) is 5.11. The molecule has 3 rings (SSSR count). The molecule has 1 aliphatic heterocycles. The van der Waals surface area contributed by atoms with Gasteiger partial charge in [-0.3, -0.25) is 4.79 Å². The van der Waals surface area contributed by atoms with Crippen LogP contribution in [0.1, 0.15) is 12.8 Å². The number of ether oxygens (including phenoxy) is 2. The zero-order valence-corrected chi connectivity index (χ0v) is 11.9. The van der Waals surface area contributed by atoms with Crippen molar-refractivity contribution in [2.75, 3.05) is 19.8 Å². The molecule has 0 aromatic heterocycles. The highest BCUT2D eigenvalue weighted by atomic mass is 16.5. The predicted octanol–water partition coefficient (Wildman–Crippen LogP) is 2.51. The van der Waals surface area contributed by atoms with Gasteiger partial charge in [-0.05, 0) is 35.7 Å². The average molecular weight is 285 g/mol. The Morgan fingerprint density at radius 1 is 1.24 bits per heavy atom. The van der Waals surface area contributed by atoms with Crippen LogP contribution in [-0.4, -0.2) is 31.8 Å². The highest BCUT2D eigenvalue weighted by Crippen LogP contribution is 2.20. The number of hydrogen-bond donors (Lipinski definition) is 1. The summed E-state index contributed by atoms with van der Waals surface area (Å²) in [6.45, 7) is 1.40. The topological polar surface area (TPSA) is 47.6 Å². The van der Waals surface area contributed by atoms with E-state index in [0.29, 0.717) is 12.3 Å². The van der Waals surface area contributed by atoms with Crippen molar-refractivity contribution in [1.82, 2.24) is 5.32 Å². The van der Waals surface area contributed by atoms with Crippen molar-refractivity contribution >= 4 is 16.7 Å². The third kappa shape index (κ3) is 3.73. The van der Waals surface area contributed by atoms with Gasteiger partial charge in [0.15, 0.2) is 6.61 Å². The summed E-state index contributed by atoms with van der Waals surface area (Å²) in [5.41, 5.74) is 0. The Balaban J connectivity index is 1.49. The monoisotopic (exact) mass is 285 g/mol. The minimum atomic E-state index is -0.112. The molecule has 0 bridgehead atoms. The summed E-state index contributed by atoms with van der Waals surface area (Å²) in [5.74, 6) is 0.597. The lowest BCUT2D eigenvalue weighted by Gasteiger charge is -2.11. The Labute approximate surface area is 124 Å². The lowest BCUT2D eigenvalue weighted by atomic mass is 10.1. The van der Waals surface area contributed by atoms with E-state index < -0.39 is 0 Å². The number of carbonyl (C=O) groups excluding carboxylic acids is 1. The number of benzene rings is 2. The van der Waals surface area contributed by atoms with Crippen LogP contribution < -0.4 is 10.1 Å². The molecule has 0 aliphatic carbocycles. The molecule has 0 spiro atoms. The van der Waals surface area contributed by atoms with E-state index in [1.807, 2.05) is 42.5 Å². The Hall–Kier alpha value is -2.07. The first-order valence-electron chi connectivity index (χ1n) is 7.31. The molecule has 1 aliphatic rings. The van der Waals surface area contributed by atoms with Crippen LogP contribution in [0.4, 0.5) is 0 Å². The molecule has 0 saturated carbocycles. The summed E-state index contributed by atoms with van der Waals surface area (Å²) in [6.07, 6.45) is 2.26. The molecule has 21 heavy (non-hydrogen) atoms. The van der Waals surface area contributed by atoms with E-state index in [4.69, 9.17) is 9.47 Å². The number of fused-ring (bicyclic) bond motifs is 1. The normalized spacial score (nSPS) is 17.8. The van der Waals surface area contributed by atoms with Crippen LogP contribution in [0, 0.1) is 0 Å². The lowest BCUT2D eigenvalue weighted by Crippen LogP contribution is -2.35. The Kier molecular flexibility index (Phi) is 4.36. The van der Waals surface area contributed by atoms with Crippen LogP contribution in [0.5, 0.6) is 5.75 Å². The maximum atomic E-state index is 11.7. The van der Waals surface area contributed by atoms with Gasteiger partial charge in [0, 0.05) is 13.2 Å². The molecular formula is C17H19NO3. The standard InChI is InChI=1S/C17H19NO3/c19-17(18-11-16-6-3-9-20-16)12-21-15-8-7-13-4-1-2-5-14(13)10-15/h1-2,4-5,7-8,10,16H,3,6,9,11-12H2,(H,18,19)/t16-/m1/s1. The molecule has 1 amide bonds. The fourth-order valence-electron chi connectivity index (χ4n) is 2.49. The van der Waals surface area contributed by atoms with Crippen LogP contribution in [-0.2, 0) is 9.53 Å². The molecule has 1 atom stereocenters. The van der Waals surface area contributed by atoms with E-state index in [2.05, 4.69) is 5.32 Å². The SMILES string of the molecule is O=C(COc1ccc2ccccc2c1)NC[C@H]1CCCO1. The highest BCUT2D eigenvalue weighted by molar-refractivity contribution is 5.84. The van der Waals surface area contributed by atoms with Crippen LogP contribution in [0.15, 0.2) is 42.5 Å². The molecule has 110 valence electrons. The number of carbonyl (C=O) groups is 1. The molecule has 2 aromatic rings.